The zero-order valence-electron chi connectivity index (χ0n) is 15.2. The number of aromatic nitrogens is 1. The van der Waals surface area contributed by atoms with Gasteiger partial charge in [-0.1, -0.05) is 18.2 Å². The first-order valence-corrected chi connectivity index (χ1v) is 10.7. The van der Waals surface area contributed by atoms with Crippen LogP contribution in [0.4, 0.5) is 0 Å². The van der Waals surface area contributed by atoms with E-state index in [1.54, 1.807) is 11.3 Å². The first-order valence-electron chi connectivity index (χ1n) is 9.12. The summed E-state index contributed by atoms with van der Waals surface area (Å²) in [6.07, 6.45) is 2.08. The second-order valence-corrected chi connectivity index (χ2v) is 8.84. The van der Waals surface area contributed by atoms with Crippen molar-refractivity contribution < 1.29 is 9.53 Å². The van der Waals surface area contributed by atoms with E-state index in [4.69, 9.17) is 9.72 Å². The third-order valence-corrected chi connectivity index (χ3v) is 6.69. The molecule has 2 heterocycles. The number of thiazole rings is 1. The molecule has 1 amide bonds. The van der Waals surface area contributed by atoms with Crippen LogP contribution in [0.1, 0.15) is 29.3 Å². The molecule has 1 aliphatic heterocycles. The number of fused-ring (bicyclic) bond motifs is 1. The van der Waals surface area contributed by atoms with Crippen molar-refractivity contribution in [2.24, 2.45) is 0 Å². The van der Waals surface area contributed by atoms with Gasteiger partial charge in [0.1, 0.15) is 5.75 Å². The highest BCUT2D eigenvalue weighted by Crippen LogP contribution is 2.33. The van der Waals surface area contributed by atoms with Gasteiger partial charge in [-0.3, -0.25) is 4.79 Å². The topological polar surface area (TPSA) is 42.4 Å². The zero-order valence-corrected chi connectivity index (χ0v) is 17.6. The maximum Gasteiger partial charge on any atom is 0.260 e. The molecule has 1 aliphatic rings. The monoisotopic (exact) mass is 444 g/mol. The average Bonchev–Trinajstić information content (AvgIpc) is 3.11. The van der Waals surface area contributed by atoms with E-state index in [-0.39, 0.29) is 12.5 Å². The first-order chi connectivity index (χ1) is 13.1. The Morgan fingerprint density at radius 2 is 2.19 bits per heavy atom. The minimum atomic E-state index is 0.0355. The molecule has 0 bridgehead atoms. The predicted molar refractivity (Wildman–Crippen MR) is 113 cm³/mol. The minimum Gasteiger partial charge on any atom is -0.483 e. The van der Waals surface area contributed by atoms with Gasteiger partial charge < -0.3 is 9.64 Å². The molecule has 1 saturated heterocycles. The van der Waals surface area contributed by atoms with Crippen LogP contribution < -0.4 is 4.74 Å². The molecule has 3 aromatic rings. The molecule has 1 fully saturated rings. The molecular formula is C21H21BrN2O2S. The number of amides is 1. The molecule has 4 rings (SSSR count). The van der Waals surface area contributed by atoms with Crippen molar-refractivity contribution in [3.8, 4) is 5.75 Å². The molecule has 6 heteroatoms. The number of piperidine rings is 1. The van der Waals surface area contributed by atoms with E-state index in [9.17, 15) is 4.79 Å². The fraction of sp³-hybridized carbons (Fsp3) is 0.333. The van der Waals surface area contributed by atoms with Crippen molar-refractivity contribution in [2.75, 3.05) is 19.7 Å². The zero-order chi connectivity index (χ0) is 18.8. The largest absolute Gasteiger partial charge is 0.483 e. The lowest BCUT2D eigenvalue weighted by atomic mass is 9.99. The van der Waals surface area contributed by atoms with Crippen molar-refractivity contribution in [2.45, 2.75) is 25.7 Å². The Hall–Kier alpha value is -1.92. The Balaban J connectivity index is 1.40. The number of likely N-dealkylation sites (tertiary alicyclic amines) is 1. The molecule has 1 aromatic heterocycles. The number of hydrogen-bond acceptors (Lipinski definition) is 4. The lowest BCUT2D eigenvalue weighted by Crippen LogP contribution is -2.41. The van der Waals surface area contributed by atoms with E-state index in [1.165, 1.54) is 4.70 Å². The smallest absolute Gasteiger partial charge is 0.260 e. The van der Waals surface area contributed by atoms with Crippen LogP contribution in [0, 0.1) is 6.92 Å². The first kappa shape index (κ1) is 18.4. The molecule has 1 atom stereocenters. The van der Waals surface area contributed by atoms with Gasteiger partial charge in [0.2, 0.25) is 0 Å². The molecular weight excluding hydrogens is 424 g/mol. The van der Waals surface area contributed by atoms with Crippen LogP contribution in [0.5, 0.6) is 5.75 Å². The molecule has 4 nitrogen and oxygen atoms in total. The van der Waals surface area contributed by atoms with Crippen LogP contribution in [0.2, 0.25) is 0 Å². The molecule has 0 aliphatic carbocycles. The van der Waals surface area contributed by atoms with Crippen LogP contribution >= 0.6 is 27.3 Å². The van der Waals surface area contributed by atoms with Crippen molar-refractivity contribution in [1.82, 2.24) is 9.88 Å². The Morgan fingerprint density at radius 1 is 1.33 bits per heavy atom. The number of para-hydroxylation sites is 1. The molecule has 0 saturated carbocycles. The van der Waals surface area contributed by atoms with Gasteiger partial charge in [0.05, 0.1) is 19.7 Å². The number of carbonyl (C=O) groups is 1. The molecule has 0 N–H and O–H groups in total. The van der Waals surface area contributed by atoms with Gasteiger partial charge in [-0.15, -0.1) is 11.3 Å². The summed E-state index contributed by atoms with van der Waals surface area (Å²) in [6, 6.07) is 14.1. The van der Waals surface area contributed by atoms with Gasteiger partial charge >= 0.3 is 0 Å². The number of halogens is 1. The second kappa shape index (κ2) is 7.98. The van der Waals surface area contributed by atoms with Crippen molar-refractivity contribution >= 4 is 43.4 Å². The summed E-state index contributed by atoms with van der Waals surface area (Å²) in [5.74, 6) is 1.05. The molecule has 0 spiro atoms. The Labute approximate surface area is 171 Å². The van der Waals surface area contributed by atoms with Crippen molar-refractivity contribution in [3.05, 3.63) is 57.5 Å². The number of rotatable bonds is 4. The summed E-state index contributed by atoms with van der Waals surface area (Å²) in [6.45, 7) is 3.60. The maximum atomic E-state index is 12.7. The maximum absolute atomic E-state index is 12.7. The molecule has 27 heavy (non-hydrogen) atoms. The predicted octanol–water partition coefficient (Wildman–Crippen LogP) is 5.15. The third kappa shape index (κ3) is 4.17. The van der Waals surface area contributed by atoms with Crippen molar-refractivity contribution in [1.29, 1.82) is 0 Å². The lowest BCUT2D eigenvalue weighted by molar-refractivity contribution is -0.134. The Bertz CT molecular complexity index is 939. The third-order valence-electron chi connectivity index (χ3n) is 4.87. The Kier molecular flexibility index (Phi) is 5.45. The number of nitrogens with zero attached hydrogens (tertiary/aromatic N) is 2. The van der Waals surface area contributed by atoms with E-state index < -0.39 is 0 Å². The van der Waals surface area contributed by atoms with Gasteiger partial charge in [-0.25, -0.2) is 4.98 Å². The number of benzene rings is 2. The fourth-order valence-corrected chi connectivity index (χ4v) is 5.12. The van der Waals surface area contributed by atoms with E-state index in [0.717, 1.165) is 46.5 Å². The second-order valence-electron chi connectivity index (χ2n) is 6.92. The van der Waals surface area contributed by atoms with Gasteiger partial charge in [0.15, 0.2) is 6.61 Å². The Morgan fingerprint density at radius 3 is 3.00 bits per heavy atom. The minimum absolute atomic E-state index is 0.0355. The summed E-state index contributed by atoms with van der Waals surface area (Å²) >= 11 is 5.24. The van der Waals surface area contributed by atoms with Crippen LogP contribution in [0.3, 0.4) is 0 Å². The van der Waals surface area contributed by atoms with Gasteiger partial charge in [0.25, 0.3) is 5.91 Å². The van der Waals surface area contributed by atoms with E-state index in [1.807, 2.05) is 48.2 Å². The quantitative estimate of drug-likeness (QED) is 0.558. The van der Waals surface area contributed by atoms with Crippen LogP contribution in [-0.4, -0.2) is 35.5 Å². The fourth-order valence-electron chi connectivity index (χ4n) is 3.42. The standard InChI is InChI=1S/C21H21BrN2O2S/c1-14-8-9-18(16(22)11-14)26-13-20(25)24-10-4-5-15(12-24)21-23-17-6-2-3-7-19(17)27-21/h2-3,6-9,11,15H,4-5,10,12-13H2,1H3/t15-/m1/s1. The van der Waals surface area contributed by atoms with E-state index >= 15 is 0 Å². The highest BCUT2D eigenvalue weighted by molar-refractivity contribution is 9.10. The summed E-state index contributed by atoms with van der Waals surface area (Å²) in [4.78, 5) is 19.4. The van der Waals surface area contributed by atoms with E-state index in [0.29, 0.717) is 11.7 Å². The summed E-state index contributed by atoms with van der Waals surface area (Å²) in [5.41, 5.74) is 2.20. The lowest BCUT2D eigenvalue weighted by Gasteiger charge is -2.31. The van der Waals surface area contributed by atoms with Crippen LogP contribution in [0.25, 0.3) is 10.2 Å². The normalized spacial score (nSPS) is 17.3. The van der Waals surface area contributed by atoms with Crippen LogP contribution in [-0.2, 0) is 4.79 Å². The van der Waals surface area contributed by atoms with E-state index in [2.05, 4.69) is 22.0 Å². The van der Waals surface area contributed by atoms with Crippen LogP contribution in [0.15, 0.2) is 46.9 Å². The van der Waals surface area contributed by atoms with Gasteiger partial charge in [0, 0.05) is 19.0 Å². The van der Waals surface area contributed by atoms with Gasteiger partial charge in [-0.05, 0) is 65.5 Å². The SMILES string of the molecule is Cc1ccc(OCC(=O)N2CCC[C@@H](c3nc4ccccc4s3)C2)c(Br)c1. The number of hydrogen-bond donors (Lipinski definition) is 0. The van der Waals surface area contributed by atoms with Gasteiger partial charge in [-0.2, -0.15) is 0 Å². The molecule has 0 radical (unpaired) electrons. The molecule has 0 unspecified atom stereocenters. The average molecular weight is 445 g/mol. The number of ether oxygens (including phenoxy) is 1. The number of aryl methyl sites for hydroxylation is 1. The summed E-state index contributed by atoms with van der Waals surface area (Å²) < 4.78 is 7.83. The summed E-state index contributed by atoms with van der Waals surface area (Å²) in [7, 11) is 0. The highest BCUT2D eigenvalue weighted by Gasteiger charge is 2.27. The molecule has 2 aromatic carbocycles. The summed E-state index contributed by atoms with van der Waals surface area (Å²) in [5, 5.41) is 1.14. The highest BCUT2D eigenvalue weighted by atomic mass is 79.9. The molecule has 140 valence electrons. The number of carbonyl (C=O) groups excluding carboxylic acids is 1. The van der Waals surface area contributed by atoms with Crippen molar-refractivity contribution in [3.63, 3.8) is 0 Å².